The second kappa shape index (κ2) is 8.64. The van der Waals surface area contributed by atoms with E-state index in [9.17, 15) is 9.18 Å². The number of amides is 1. The summed E-state index contributed by atoms with van der Waals surface area (Å²) in [5.74, 6) is 0.768. The van der Waals surface area contributed by atoms with Gasteiger partial charge in [-0.25, -0.2) is 4.39 Å². The van der Waals surface area contributed by atoms with E-state index in [1.807, 2.05) is 4.90 Å². The Morgan fingerprint density at radius 2 is 2.17 bits per heavy atom. The summed E-state index contributed by atoms with van der Waals surface area (Å²) in [6.45, 7) is 7.39. The first kappa shape index (κ1) is 18.2. The van der Waals surface area contributed by atoms with Crippen LogP contribution in [0, 0.1) is 11.7 Å². The Labute approximate surface area is 145 Å². The van der Waals surface area contributed by atoms with E-state index in [-0.39, 0.29) is 11.7 Å². The maximum Gasteiger partial charge on any atom is 0.263 e. The molecule has 0 bridgehead atoms. The Bertz CT molecular complexity index is 533. The number of nitrogens with zero attached hydrogens (tertiary/aromatic N) is 1. The molecule has 1 heterocycles. The lowest BCUT2D eigenvalue weighted by molar-refractivity contribution is -0.139. The minimum atomic E-state index is -0.581. The van der Waals surface area contributed by atoms with Crippen molar-refractivity contribution in [2.24, 2.45) is 5.92 Å². The van der Waals surface area contributed by atoms with Gasteiger partial charge in [-0.1, -0.05) is 6.92 Å². The van der Waals surface area contributed by atoms with Gasteiger partial charge in [0, 0.05) is 13.1 Å². The Balaban J connectivity index is 1.85. The van der Waals surface area contributed by atoms with Crippen LogP contribution in [-0.2, 0) is 4.79 Å². The number of carbonyl (C=O) groups is 1. The molecule has 0 aromatic heterocycles. The van der Waals surface area contributed by atoms with E-state index in [4.69, 9.17) is 4.74 Å². The molecule has 1 amide bonds. The molecule has 0 radical (unpaired) electrons. The average Bonchev–Trinajstić information content (AvgIpc) is 2.55. The standard InChI is InChI=1S/C17H24BrFN2O2/c1-3-20-11-13-6-8-21(9-7-13)17(22)12(2)23-16-5-4-14(19)10-15(16)18/h4-5,10,12-13,20H,3,6-9,11H2,1-2H3. The molecule has 1 fully saturated rings. The van der Waals surface area contributed by atoms with Crippen LogP contribution < -0.4 is 10.1 Å². The van der Waals surface area contributed by atoms with Crippen molar-refractivity contribution < 1.29 is 13.9 Å². The molecule has 1 unspecified atom stereocenters. The normalized spacial score (nSPS) is 17.1. The number of hydrogen-bond donors (Lipinski definition) is 1. The summed E-state index contributed by atoms with van der Waals surface area (Å²) in [5, 5.41) is 3.36. The molecular weight excluding hydrogens is 363 g/mol. The monoisotopic (exact) mass is 386 g/mol. The van der Waals surface area contributed by atoms with E-state index in [2.05, 4.69) is 28.2 Å². The lowest BCUT2D eigenvalue weighted by atomic mass is 9.96. The molecule has 23 heavy (non-hydrogen) atoms. The Morgan fingerprint density at radius 1 is 1.48 bits per heavy atom. The zero-order valence-corrected chi connectivity index (χ0v) is 15.2. The van der Waals surface area contributed by atoms with Gasteiger partial charge in [0.05, 0.1) is 4.47 Å². The molecule has 4 nitrogen and oxygen atoms in total. The number of ether oxygens (including phenoxy) is 1. The van der Waals surface area contributed by atoms with E-state index >= 15 is 0 Å². The molecule has 1 N–H and O–H groups in total. The van der Waals surface area contributed by atoms with E-state index in [0.717, 1.165) is 39.0 Å². The van der Waals surface area contributed by atoms with Gasteiger partial charge >= 0.3 is 0 Å². The third-order valence-corrected chi connectivity index (χ3v) is 4.77. The number of rotatable bonds is 6. The fraction of sp³-hybridized carbons (Fsp3) is 0.588. The first-order valence-electron chi connectivity index (χ1n) is 8.12. The van der Waals surface area contributed by atoms with Crippen molar-refractivity contribution in [2.45, 2.75) is 32.8 Å². The van der Waals surface area contributed by atoms with Crippen LogP contribution in [0.15, 0.2) is 22.7 Å². The highest BCUT2D eigenvalue weighted by molar-refractivity contribution is 9.10. The maximum atomic E-state index is 13.1. The molecule has 0 saturated carbocycles. The van der Waals surface area contributed by atoms with Gasteiger partial charge in [-0.2, -0.15) is 0 Å². The van der Waals surface area contributed by atoms with Gasteiger partial charge in [0.1, 0.15) is 11.6 Å². The number of likely N-dealkylation sites (tertiary alicyclic amines) is 1. The fourth-order valence-corrected chi connectivity index (χ4v) is 3.22. The molecule has 6 heteroatoms. The summed E-state index contributed by atoms with van der Waals surface area (Å²) in [4.78, 5) is 14.4. The van der Waals surface area contributed by atoms with E-state index < -0.39 is 6.10 Å². The minimum Gasteiger partial charge on any atom is -0.480 e. The second-order valence-corrected chi connectivity index (χ2v) is 6.77. The first-order valence-corrected chi connectivity index (χ1v) is 8.91. The van der Waals surface area contributed by atoms with Crippen LogP contribution in [0.2, 0.25) is 0 Å². The summed E-state index contributed by atoms with van der Waals surface area (Å²) in [7, 11) is 0. The Morgan fingerprint density at radius 3 is 2.78 bits per heavy atom. The number of carbonyl (C=O) groups excluding carboxylic acids is 1. The van der Waals surface area contributed by atoms with E-state index in [1.54, 1.807) is 6.92 Å². The summed E-state index contributed by atoms with van der Waals surface area (Å²) >= 11 is 3.26. The SMILES string of the molecule is CCNCC1CCN(C(=O)C(C)Oc2ccc(F)cc2Br)CC1. The summed E-state index contributed by atoms with van der Waals surface area (Å²) < 4.78 is 19.3. The van der Waals surface area contributed by atoms with E-state index in [0.29, 0.717) is 16.1 Å². The zero-order chi connectivity index (χ0) is 16.8. The number of hydrogen-bond acceptors (Lipinski definition) is 3. The quantitative estimate of drug-likeness (QED) is 0.815. The Hall–Kier alpha value is -1.14. The molecule has 1 aromatic carbocycles. The maximum absolute atomic E-state index is 13.1. The van der Waals surface area contributed by atoms with Crippen LogP contribution in [0.5, 0.6) is 5.75 Å². The highest BCUT2D eigenvalue weighted by atomic mass is 79.9. The number of piperidine rings is 1. The molecule has 1 atom stereocenters. The zero-order valence-electron chi connectivity index (χ0n) is 13.6. The Kier molecular flexibility index (Phi) is 6.84. The predicted molar refractivity (Wildman–Crippen MR) is 92.0 cm³/mol. The van der Waals surface area contributed by atoms with Gasteiger partial charge in [0.25, 0.3) is 5.91 Å². The predicted octanol–water partition coefficient (Wildman–Crippen LogP) is 3.20. The average molecular weight is 387 g/mol. The highest BCUT2D eigenvalue weighted by Gasteiger charge is 2.27. The largest absolute Gasteiger partial charge is 0.480 e. The van der Waals surface area contributed by atoms with Crippen molar-refractivity contribution in [1.82, 2.24) is 10.2 Å². The summed E-state index contributed by atoms with van der Waals surface area (Å²) in [6, 6.07) is 4.19. The van der Waals surface area contributed by atoms with Crippen molar-refractivity contribution in [3.8, 4) is 5.75 Å². The number of benzene rings is 1. The van der Waals surface area contributed by atoms with Crippen molar-refractivity contribution in [1.29, 1.82) is 0 Å². The van der Waals surface area contributed by atoms with Crippen molar-refractivity contribution >= 4 is 21.8 Å². The lowest BCUT2D eigenvalue weighted by Gasteiger charge is -2.33. The molecule has 1 aliphatic heterocycles. The summed E-state index contributed by atoms with van der Waals surface area (Å²) in [5.41, 5.74) is 0. The van der Waals surface area contributed by atoms with Gasteiger partial charge in [-0.3, -0.25) is 4.79 Å². The van der Waals surface area contributed by atoms with Crippen LogP contribution in [0.25, 0.3) is 0 Å². The van der Waals surface area contributed by atoms with Gasteiger partial charge in [0.2, 0.25) is 0 Å². The smallest absolute Gasteiger partial charge is 0.263 e. The van der Waals surface area contributed by atoms with Crippen molar-refractivity contribution in [2.75, 3.05) is 26.2 Å². The van der Waals surface area contributed by atoms with Crippen LogP contribution >= 0.6 is 15.9 Å². The molecule has 0 aliphatic carbocycles. The van der Waals surface area contributed by atoms with Crippen LogP contribution in [0.4, 0.5) is 4.39 Å². The van der Waals surface area contributed by atoms with Crippen LogP contribution in [0.3, 0.4) is 0 Å². The topological polar surface area (TPSA) is 41.6 Å². The lowest BCUT2D eigenvalue weighted by Crippen LogP contribution is -2.45. The molecule has 2 rings (SSSR count). The van der Waals surface area contributed by atoms with Gasteiger partial charge in [0.15, 0.2) is 6.10 Å². The van der Waals surface area contributed by atoms with Gasteiger partial charge in [-0.15, -0.1) is 0 Å². The second-order valence-electron chi connectivity index (χ2n) is 5.91. The number of halogens is 2. The number of nitrogens with one attached hydrogen (secondary N) is 1. The van der Waals surface area contributed by atoms with Crippen LogP contribution in [-0.4, -0.2) is 43.1 Å². The molecule has 128 valence electrons. The first-order chi connectivity index (χ1) is 11.0. The third-order valence-electron chi connectivity index (χ3n) is 4.15. The van der Waals surface area contributed by atoms with Gasteiger partial charge in [-0.05, 0) is 72.9 Å². The fourth-order valence-electron chi connectivity index (χ4n) is 2.77. The third kappa shape index (κ3) is 5.18. The molecule has 1 aromatic rings. The summed E-state index contributed by atoms with van der Waals surface area (Å²) in [6.07, 6.45) is 1.46. The minimum absolute atomic E-state index is 0.0110. The highest BCUT2D eigenvalue weighted by Crippen LogP contribution is 2.27. The van der Waals surface area contributed by atoms with Gasteiger partial charge < -0.3 is 15.0 Å². The van der Waals surface area contributed by atoms with Crippen molar-refractivity contribution in [3.05, 3.63) is 28.5 Å². The molecule has 1 aliphatic rings. The van der Waals surface area contributed by atoms with Crippen molar-refractivity contribution in [3.63, 3.8) is 0 Å². The molecule has 1 saturated heterocycles. The molecular formula is C17H24BrFN2O2. The van der Waals surface area contributed by atoms with Crippen LogP contribution in [0.1, 0.15) is 26.7 Å². The van der Waals surface area contributed by atoms with E-state index in [1.165, 1.54) is 18.2 Å². The molecule has 0 spiro atoms.